The Morgan fingerprint density at radius 1 is 1.13 bits per heavy atom. The maximum atomic E-state index is 5.58. The van der Waals surface area contributed by atoms with Gasteiger partial charge in [0.2, 0.25) is 0 Å². The molecule has 0 bridgehead atoms. The summed E-state index contributed by atoms with van der Waals surface area (Å²) in [5.41, 5.74) is 0. The molecule has 1 saturated heterocycles. The van der Waals surface area contributed by atoms with Crippen molar-refractivity contribution in [3.05, 3.63) is 0 Å². The van der Waals surface area contributed by atoms with E-state index >= 15 is 0 Å². The van der Waals surface area contributed by atoms with E-state index in [0.29, 0.717) is 5.92 Å². The van der Waals surface area contributed by atoms with Gasteiger partial charge in [-0.1, -0.05) is 13.8 Å². The Hall–Kier alpha value is -0.810. The summed E-state index contributed by atoms with van der Waals surface area (Å²) < 4.78 is 5.58. The molecule has 0 aromatic heterocycles. The summed E-state index contributed by atoms with van der Waals surface area (Å²) in [6, 6.07) is 0. The number of hydrogen-bond donors (Lipinski definition) is 2. The van der Waals surface area contributed by atoms with Crippen LogP contribution < -0.4 is 10.6 Å². The monoisotopic (exact) mass is 326 g/mol. The van der Waals surface area contributed by atoms with Gasteiger partial charge >= 0.3 is 0 Å². The number of hydrogen-bond acceptors (Lipinski definition) is 3. The highest BCUT2D eigenvalue weighted by Gasteiger charge is 2.09. The van der Waals surface area contributed by atoms with Crippen LogP contribution in [0.4, 0.5) is 0 Å². The van der Waals surface area contributed by atoms with Crippen LogP contribution in [-0.2, 0) is 4.74 Å². The Morgan fingerprint density at radius 2 is 1.91 bits per heavy atom. The van der Waals surface area contributed by atoms with Crippen LogP contribution >= 0.6 is 0 Å². The topological polar surface area (TPSA) is 48.9 Å². The van der Waals surface area contributed by atoms with Crippen LogP contribution in [0.15, 0.2) is 4.99 Å². The molecule has 0 saturated carbocycles. The highest BCUT2D eigenvalue weighted by Crippen LogP contribution is 2.07. The van der Waals surface area contributed by atoms with Gasteiger partial charge < -0.3 is 20.3 Å². The van der Waals surface area contributed by atoms with Gasteiger partial charge in [-0.2, -0.15) is 0 Å². The quantitative estimate of drug-likeness (QED) is 0.329. The fourth-order valence-electron chi connectivity index (χ4n) is 2.69. The molecule has 0 aromatic carbocycles. The number of nitrogens with one attached hydrogen (secondary N) is 2. The molecule has 1 rings (SSSR count). The second-order valence-corrected chi connectivity index (χ2v) is 6.77. The summed E-state index contributed by atoms with van der Waals surface area (Å²) in [6.07, 6.45) is 6.23. The van der Waals surface area contributed by atoms with Gasteiger partial charge in [-0.15, -0.1) is 0 Å². The van der Waals surface area contributed by atoms with E-state index in [1.807, 2.05) is 0 Å². The van der Waals surface area contributed by atoms with Crippen molar-refractivity contribution in [2.75, 3.05) is 52.5 Å². The number of aliphatic imine (C=N–C) groups is 1. The van der Waals surface area contributed by atoms with Gasteiger partial charge in [0, 0.05) is 32.8 Å². The minimum Gasteiger partial charge on any atom is -0.381 e. The Kier molecular flexibility index (Phi) is 12.0. The molecule has 0 aromatic rings. The van der Waals surface area contributed by atoms with E-state index in [1.165, 1.54) is 45.3 Å². The average Bonchev–Trinajstić information content (AvgIpc) is 3.03. The van der Waals surface area contributed by atoms with Crippen LogP contribution in [0.3, 0.4) is 0 Å². The highest BCUT2D eigenvalue weighted by atomic mass is 16.5. The number of ether oxygens (including phenoxy) is 1. The van der Waals surface area contributed by atoms with Gasteiger partial charge in [0.05, 0.1) is 0 Å². The molecule has 0 radical (unpaired) electrons. The normalized spacial score (nSPS) is 16.3. The van der Waals surface area contributed by atoms with Crippen molar-refractivity contribution >= 4 is 5.96 Å². The zero-order valence-electron chi connectivity index (χ0n) is 15.6. The fraction of sp³-hybridized carbons (Fsp3) is 0.944. The number of unbranched alkanes of at least 4 members (excludes halogenated alkanes) is 1. The first kappa shape index (κ1) is 20.2. The summed E-state index contributed by atoms with van der Waals surface area (Å²) in [6.45, 7) is 14.7. The number of rotatable bonds is 12. The standard InChI is InChI=1S/C18H38N4O/c1-4-19-18(21-11-9-15-23-16-17(2)3)20-10-5-6-12-22-13-7-8-14-22/h17H,4-16H2,1-3H3,(H2,19,20,21). The van der Waals surface area contributed by atoms with Crippen LogP contribution in [0.25, 0.3) is 0 Å². The molecule has 0 aliphatic carbocycles. The molecule has 0 amide bonds. The largest absolute Gasteiger partial charge is 0.381 e. The van der Waals surface area contributed by atoms with E-state index < -0.39 is 0 Å². The lowest BCUT2D eigenvalue weighted by atomic mass is 10.2. The fourth-order valence-corrected chi connectivity index (χ4v) is 2.69. The summed E-state index contributed by atoms with van der Waals surface area (Å²) in [5, 5.41) is 6.75. The molecule has 136 valence electrons. The van der Waals surface area contributed by atoms with E-state index in [0.717, 1.165) is 45.2 Å². The van der Waals surface area contributed by atoms with E-state index in [9.17, 15) is 0 Å². The zero-order chi connectivity index (χ0) is 16.8. The Balaban J connectivity index is 2.04. The summed E-state index contributed by atoms with van der Waals surface area (Å²) in [5.74, 6) is 1.55. The Bertz CT molecular complexity index is 301. The number of guanidine groups is 1. The minimum atomic E-state index is 0.609. The van der Waals surface area contributed by atoms with Gasteiger partial charge in [0.15, 0.2) is 5.96 Å². The van der Waals surface area contributed by atoms with Crippen molar-refractivity contribution in [3.63, 3.8) is 0 Å². The Labute approximate surface area is 143 Å². The maximum absolute atomic E-state index is 5.58. The predicted octanol–water partition coefficient (Wildman–Crippen LogP) is 2.48. The third kappa shape index (κ3) is 11.4. The molecular formula is C18H38N4O. The summed E-state index contributed by atoms with van der Waals surface area (Å²) >= 11 is 0. The molecule has 5 heteroatoms. The number of likely N-dealkylation sites (tertiary alicyclic amines) is 1. The first-order valence-electron chi connectivity index (χ1n) is 9.54. The van der Waals surface area contributed by atoms with E-state index in [2.05, 4.69) is 41.3 Å². The van der Waals surface area contributed by atoms with Crippen molar-refractivity contribution < 1.29 is 4.74 Å². The third-order valence-corrected chi connectivity index (χ3v) is 3.90. The van der Waals surface area contributed by atoms with Crippen LogP contribution in [0, 0.1) is 5.92 Å². The molecule has 23 heavy (non-hydrogen) atoms. The molecular weight excluding hydrogens is 288 g/mol. The van der Waals surface area contributed by atoms with Gasteiger partial charge in [-0.25, -0.2) is 0 Å². The van der Waals surface area contributed by atoms with Gasteiger partial charge in [0.1, 0.15) is 0 Å². The molecule has 0 atom stereocenters. The molecule has 0 spiro atoms. The van der Waals surface area contributed by atoms with Crippen molar-refractivity contribution in [2.24, 2.45) is 10.9 Å². The summed E-state index contributed by atoms with van der Waals surface area (Å²) in [4.78, 5) is 7.19. The minimum absolute atomic E-state index is 0.609. The van der Waals surface area contributed by atoms with E-state index in [1.54, 1.807) is 0 Å². The Morgan fingerprint density at radius 3 is 2.61 bits per heavy atom. The molecule has 5 nitrogen and oxygen atoms in total. The van der Waals surface area contributed by atoms with Crippen LogP contribution in [0.1, 0.15) is 52.9 Å². The van der Waals surface area contributed by atoms with Gasteiger partial charge in [-0.3, -0.25) is 4.99 Å². The lowest BCUT2D eigenvalue weighted by molar-refractivity contribution is 0.109. The van der Waals surface area contributed by atoms with Crippen molar-refractivity contribution in [1.82, 2.24) is 15.5 Å². The molecule has 2 N–H and O–H groups in total. The molecule has 1 heterocycles. The molecule has 0 unspecified atom stereocenters. The lowest BCUT2D eigenvalue weighted by Crippen LogP contribution is -2.38. The predicted molar refractivity (Wildman–Crippen MR) is 99.2 cm³/mol. The SMILES string of the molecule is CCNC(=NCCCOCC(C)C)NCCCCN1CCCC1. The number of nitrogens with zero attached hydrogens (tertiary/aromatic N) is 2. The van der Waals surface area contributed by atoms with Gasteiger partial charge in [0.25, 0.3) is 0 Å². The highest BCUT2D eigenvalue weighted by molar-refractivity contribution is 5.79. The van der Waals surface area contributed by atoms with E-state index in [4.69, 9.17) is 4.74 Å². The van der Waals surface area contributed by atoms with Gasteiger partial charge in [-0.05, 0) is 64.6 Å². The summed E-state index contributed by atoms with van der Waals surface area (Å²) in [7, 11) is 0. The second-order valence-electron chi connectivity index (χ2n) is 6.77. The lowest BCUT2D eigenvalue weighted by Gasteiger charge is -2.15. The van der Waals surface area contributed by atoms with Crippen LogP contribution in [0.5, 0.6) is 0 Å². The molecule has 1 aliphatic heterocycles. The van der Waals surface area contributed by atoms with Crippen molar-refractivity contribution in [1.29, 1.82) is 0 Å². The average molecular weight is 327 g/mol. The van der Waals surface area contributed by atoms with E-state index in [-0.39, 0.29) is 0 Å². The second kappa shape index (κ2) is 13.6. The van der Waals surface area contributed by atoms with Crippen LogP contribution in [0.2, 0.25) is 0 Å². The first-order valence-corrected chi connectivity index (χ1v) is 9.54. The maximum Gasteiger partial charge on any atom is 0.191 e. The van der Waals surface area contributed by atoms with Crippen LogP contribution in [-0.4, -0.2) is 63.3 Å². The zero-order valence-corrected chi connectivity index (χ0v) is 15.6. The van der Waals surface area contributed by atoms with Crippen molar-refractivity contribution in [3.8, 4) is 0 Å². The third-order valence-electron chi connectivity index (χ3n) is 3.90. The molecule has 1 aliphatic rings. The van der Waals surface area contributed by atoms with Crippen molar-refractivity contribution in [2.45, 2.75) is 52.9 Å². The first-order chi connectivity index (χ1) is 11.2. The molecule has 1 fully saturated rings. The smallest absolute Gasteiger partial charge is 0.191 e.